The van der Waals surface area contributed by atoms with Crippen LogP contribution in [0.1, 0.15) is 47.0 Å². The lowest BCUT2D eigenvalue weighted by molar-refractivity contribution is 0.154. The molecule has 1 atom stereocenters. The monoisotopic (exact) mass is 285 g/mol. The highest BCUT2D eigenvalue weighted by atomic mass is 16.3. The average Bonchev–Trinajstić information content (AvgIpc) is 2.85. The zero-order chi connectivity index (χ0) is 15.1. The van der Waals surface area contributed by atoms with Crippen molar-refractivity contribution in [1.82, 2.24) is 15.1 Å². The molecule has 1 fully saturated rings. The van der Waals surface area contributed by atoms with Crippen LogP contribution in [0.3, 0.4) is 0 Å². The summed E-state index contributed by atoms with van der Waals surface area (Å²) in [4.78, 5) is 16.2. The first-order chi connectivity index (χ1) is 9.47. The number of likely N-dealkylation sites (tertiary alicyclic amines) is 1. The molecule has 0 saturated carbocycles. The fourth-order valence-corrected chi connectivity index (χ4v) is 2.96. The standard InChI is InChI=1S/C15H31N3O2/c1-12(2)17(13(3)4)10-6-8-16-15(20)18-9-5-7-14(18)11-19/h12-14,19H,5-11H2,1-4H3,(H,16,20). The van der Waals surface area contributed by atoms with Crippen LogP contribution in [0.4, 0.5) is 4.79 Å². The second-order valence-electron chi connectivity index (χ2n) is 6.18. The van der Waals surface area contributed by atoms with E-state index in [1.54, 1.807) is 4.90 Å². The number of carbonyl (C=O) groups excluding carboxylic acids is 1. The first-order valence-electron chi connectivity index (χ1n) is 7.88. The number of amides is 2. The van der Waals surface area contributed by atoms with Crippen LogP contribution in [0.2, 0.25) is 0 Å². The molecule has 1 aliphatic rings. The molecule has 0 spiro atoms. The lowest BCUT2D eigenvalue weighted by Gasteiger charge is -2.30. The highest BCUT2D eigenvalue weighted by Gasteiger charge is 2.27. The van der Waals surface area contributed by atoms with Crippen LogP contribution >= 0.6 is 0 Å². The number of hydrogen-bond donors (Lipinski definition) is 2. The highest BCUT2D eigenvalue weighted by Crippen LogP contribution is 2.16. The maximum Gasteiger partial charge on any atom is 0.317 e. The van der Waals surface area contributed by atoms with Crippen LogP contribution in [-0.2, 0) is 0 Å². The fraction of sp³-hybridized carbons (Fsp3) is 0.933. The van der Waals surface area contributed by atoms with Crippen molar-refractivity contribution in [3.05, 3.63) is 0 Å². The summed E-state index contributed by atoms with van der Waals surface area (Å²) in [6, 6.07) is 1.05. The van der Waals surface area contributed by atoms with Gasteiger partial charge in [0.1, 0.15) is 0 Å². The molecule has 0 bridgehead atoms. The third-order valence-electron chi connectivity index (χ3n) is 4.04. The minimum atomic E-state index is -0.0257. The van der Waals surface area contributed by atoms with E-state index in [2.05, 4.69) is 37.9 Å². The molecule has 118 valence electrons. The quantitative estimate of drug-likeness (QED) is 0.700. The predicted molar refractivity (Wildman–Crippen MR) is 81.8 cm³/mol. The molecule has 0 aromatic rings. The molecule has 5 nitrogen and oxygen atoms in total. The smallest absolute Gasteiger partial charge is 0.317 e. The van der Waals surface area contributed by atoms with E-state index in [4.69, 9.17) is 0 Å². The van der Waals surface area contributed by atoms with E-state index >= 15 is 0 Å². The molecular formula is C15H31N3O2. The van der Waals surface area contributed by atoms with Crippen molar-refractivity contribution in [3.8, 4) is 0 Å². The Balaban J connectivity index is 2.25. The van der Waals surface area contributed by atoms with Crippen LogP contribution in [0.15, 0.2) is 0 Å². The number of aliphatic hydroxyl groups is 1. The molecule has 0 aromatic carbocycles. The predicted octanol–water partition coefficient (Wildman–Crippen LogP) is 1.66. The summed E-state index contributed by atoms with van der Waals surface area (Å²) in [5.41, 5.74) is 0. The molecule has 1 heterocycles. The molecule has 0 aromatic heterocycles. The molecule has 2 amide bonds. The Morgan fingerprint density at radius 2 is 2.00 bits per heavy atom. The van der Waals surface area contributed by atoms with Gasteiger partial charge < -0.3 is 15.3 Å². The van der Waals surface area contributed by atoms with Gasteiger partial charge >= 0.3 is 6.03 Å². The number of carbonyl (C=O) groups is 1. The van der Waals surface area contributed by atoms with E-state index in [9.17, 15) is 9.90 Å². The SMILES string of the molecule is CC(C)N(CCCNC(=O)N1CCCC1CO)C(C)C. The van der Waals surface area contributed by atoms with Gasteiger partial charge in [-0.3, -0.25) is 4.90 Å². The van der Waals surface area contributed by atoms with Crippen molar-refractivity contribution in [3.63, 3.8) is 0 Å². The van der Waals surface area contributed by atoms with Crippen LogP contribution < -0.4 is 5.32 Å². The van der Waals surface area contributed by atoms with Gasteiger partial charge in [-0.1, -0.05) is 0 Å². The van der Waals surface area contributed by atoms with Gasteiger partial charge in [-0.25, -0.2) is 4.79 Å². The lowest BCUT2D eigenvalue weighted by atomic mass is 10.2. The van der Waals surface area contributed by atoms with Gasteiger partial charge in [0.05, 0.1) is 12.6 Å². The topological polar surface area (TPSA) is 55.8 Å². The molecule has 5 heteroatoms. The maximum atomic E-state index is 12.0. The van der Waals surface area contributed by atoms with Gasteiger partial charge in [-0.05, 0) is 47.0 Å². The Kier molecular flexibility index (Phi) is 7.30. The minimum Gasteiger partial charge on any atom is -0.394 e. The Hall–Kier alpha value is -0.810. The number of nitrogens with one attached hydrogen (secondary N) is 1. The molecule has 0 aliphatic carbocycles. The van der Waals surface area contributed by atoms with E-state index < -0.39 is 0 Å². The van der Waals surface area contributed by atoms with Crippen molar-refractivity contribution >= 4 is 6.03 Å². The van der Waals surface area contributed by atoms with E-state index in [0.29, 0.717) is 18.6 Å². The first-order valence-corrected chi connectivity index (χ1v) is 7.88. The van der Waals surface area contributed by atoms with Crippen LogP contribution in [0.25, 0.3) is 0 Å². The summed E-state index contributed by atoms with van der Waals surface area (Å²) >= 11 is 0. The second kappa shape index (κ2) is 8.47. The Labute approximate surface area is 123 Å². The van der Waals surface area contributed by atoms with Crippen molar-refractivity contribution < 1.29 is 9.90 Å². The van der Waals surface area contributed by atoms with Gasteiger partial charge in [0.15, 0.2) is 0 Å². The molecular weight excluding hydrogens is 254 g/mol. The van der Waals surface area contributed by atoms with E-state index in [0.717, 1.165) is 32.4 Å². The molecule has 2 N–H and O–H groups in total. The third-order valence-corrected chi connectivity index (χ3v) is 4.04. The van der Waals surface area contributed by atoms with Crippen molar-refractivity contribution in [2.45, 2.75) is 65.1 Å². The van der Waals surface area contributed by atoms with E-state index in [-0.39, 0.29) is 18.7 Å². The summed E-state index contributed by atoms with van der Waals surface area (Å²) < 4.78 is 0. The summed E-state index contributed by atoms with van der Waals surface area (Å²) in [6.07, 6.45) is 2.87. The van der Waals surface area contributed by atoms with E-state index in [1.807, 2.05) is 0 Å². The van der Waals surface area contributed by atoms with Crippen molar-refractivity contribution in [1.29, 1.82) is 0 Å². The molecule has 0 radical (unpaired) electrons. The van der Waals surface area contributed by atoms with E-state index in [1.165, 1.54) is 0 Å². The Morgan fingerprint density at radius 1 is 1.35 bits per heavy atom. The zero-order valence-corrected chi connectivity index (χ0v) is 13.4. The molecule has 20 heavy (non-hydrogen) atoms. The Bertz CT molecular complexity index is 287. The third kappa shape index (κ3) is 4.94. The maximum absolute atomic E-state index is 12.0. The minimum absolute atomic E-state index is 0.0119. The number of nitrogens with zero attached hydrogens (tertiary/aromatic N) is 2. The summed E-state index contributed by atoms with van der Waals surface area (Å²) in [7, 11) is 0. The van der Waals surface area contributed by atoms with Gasteiger partial charge in [-0.15, -0.1) is 0 Å². The van der Waals surface area contributed by atoms with Crippen LogP contribution in [0.5, 0.6) is 0 Å². The first kappa shape index (κ1) is 17.2. The summed E-state index contributed by atoms with van der Waals surface area (Å²) in [6.45, 7) is 11.3. The molecule has 1 aliphatic heterocycles. The largest absolute Gasteiger partial charge is 0.394 e. The number of urea groups is 1. The van der Waals surface area contributed by atoms with Crippen LogP contribution in [0, 0.1) is 0 Å². The van der Waals surface area contributed by atoms with Gasteiger partial charge in [-0.2, -0.15) is 0 Å². The van der Waals surface area contributed by atoms with Crippen molar-refractivity contribution in [2.75, 3.05) is 26.2 Å². The highest BCUT2D eigenvalue weighted by molar-refractivity contribution is 5.74. The fourth-order valence-electron chi connectivity index (χ4n) is 2.96. The van der Waals surface area contributed by atoms with Crippen molar-refractivity contribution in [2.24, 2.45) is 0 Å². The molecule has 1 saturated heterocycles. The van der Waals surface area contributed by atoms with Gasteiger partial charge in [0.2, 0.25) is 0 Å². The average molecular weight is 285 g/mol. The second-order valence-corrected chi connectivity index (χ2v) is 6.18. The molecule has 1 rings (SSSR count). The number of aliphatic hydroxyl groups excluding tert-OH is 1. The zero-order valence-electron chi connectivity index (χ0n) is 13.4. The normalized spacial score (nSPS) is 19.4. The summed E-state index contributed by atoms with van der Waals surface area (Å²) in [5, 5.41) is 12.2. The Morgan fingerprint density at radius 3 is 2.55 bits per heavy atom. The summed E-state index contributed by atoms with van der Waals surface area (Å²) in [5.74, 6) is 0. The molecule has 1 unspecified atom stereocenters. The number of hydrogen-bond acceptors (Lipinski definition) is 3. The van der Waals surface area contributed by atoms with Gasteiger partial charge in [0, 0.05) is 31.7 Å². The lowest BCUT2D eigenvalue weighted by Crippen LogP contribution is -2.45. The van der Waals surface area contributed by atoms with Crippen LogP contribution in [-0.4, -0.2) is 65.3 Å². The van der Waals surface area contributed by atoms with Gasteiger partial charge in [0.25, 0.3) is 0 Å². The number of rotatable bonds is 7.